The molecule has 1 amide bonds. The van der Waals surface area contributed by atoms with Crippen LogP contribution in [0, 0.1) is 11.3 Å². The van der Waals surface area contributed by atoms with Crippen molar-refractivity contribution in [2.45, 2.75) is 50.3 Å². The van der Waals surface area contributed by atoms with Crippen LogP contribution < -0.4 is 5.32 Å². The van der Waals surface area contributed by atoms with Gasteiger partial charge in [0.25, 0.3) is 5.91 Å². The first-order valence-electron chi connectivity index (χ1n) is 12.1. The highest BCUT2D eigenvalue weighted by atomic mass is 35.5. The normalized spacial score (nSPS) is 15.6. The highest BCUT2D eigenvalue weighted by Gasteiger charge is 2.33. The number of amides is 1. The van der Waals surface area contributed by atoms with E-state index in [0.29, 0.717) is 43.2 Å². The molecule has 6 nitrogen and oxygen atoms in total. The Morgan fingerprint density at radius 2 is 1.95 bits per heavy atom. The summed E-state index contributed by atoms with van der Waals surface area (Å²) in [7, 11) is 0. The van der Waals surface area contributed by atoms with Crippen molar-refractivity contribution in [2.75, 3.05) is 5.32 Å². The van der Waals surface area contributed by atoms with Gasteiger partial charge in [0.2, 0.25) is 0 Å². The molecule has 37 heavy (non-hydrogen) atoms. The van der Waals surface area contributed by atoms with E-state index < -0.39 is 0 Å². The lowest BCUT2D eigenvalue weighted by atomic mass is 9.72. The summed E-state index contributed by atoms with van der Waals surface area (Å²) < 4.78 is 5.91. The van der Waals surface area contributed by atoms with Crippen LogP contribution in [-0.2, 0) is 12.8 Å². The van der Waals surface area contributed by atoms with Crippen molar-refractivity contribution in [2.24, 2.45) is 16.3 Å². The lowest BCUT2D eigenvalue weighted by Crippen LogP contribution is -2.27. The van der Waals surface area contributed by atoms with Gasteiger partial charge < -0.3 is 9.73 Å². The maximum Gasteiger partial charge on any atom is 0.259 e. The van der Waals surface area contributed by atoms with E-state index in [1.165, 1.54) is 16.6 Å². The van der Waals surface area contributed by atoms with E-state index in [0.717, 1.165) is 24.8 Å². The van der Waals surface area contributed by atoms with Crippen molar-refractivity contribution in [3.05, 3.63) is 81.6 Å². The second-order valence-corrected chi connectivity index (χ2v) is 12.5. The third-order valence-corrected chi connectivity index (χ3v) is 8.67. The molecule has 1 N–H and O–H groups in total. The van der Waals surface area contributed by atoms with Crippen molar-refractivity contribution in [3.63, 3.8) is 0 Å². The molecule has 0 unspecified atom stereocenters. The number of benzene rings is 1. The Labute approximate surface area is 229 Å². The van der Waals surface area contributed by atoms with E-state index in [4.69, 9.17) is 21.0 Å². The van der Waals surface area contributed by atoms with Gasteiger partial charge in [0.05, 0.1) is 11.8 Å². The van der Waals surface area contributed by atoms with Gasteiger partial charge in [0, 0.05) is 28.0 Å². The average Bonchev–Trinajstić information content (AvgIpc) is 3.47. The first kappa shape index (κ1) is 25.7. The number of aliphatic imine (C=N–C) groups is 1. The summed E-state index contributed by atoms with van der Waals surface area (Å²) in [5.41, 5.74) is 2.67. The molecule has 1 aliphatic rings. The van der Waals surface area contributed by atoms with E-state index in [2.05, 4.69) is 36.1 Å². The first-order chi connectivity index (χ1) is 17.8. The summed E-state index contributed by atoms with van der Waals surface area (Å²) in [5.74, 6) is 1.01. The van der Waals surface area contributed by atoms with E-state index >= 15 is 0 Å². The second-order valence-electron chi connectivity index (χ2n) is 10.00. The Morgan fingerprint density at radius 1 is 1.19 bits per heavy atom. The van der Waals surface area contributed by atoms with Crippen molar-refractivity contribution >= 4 is 57.5 Å². The fraction of sp³-hybridized carbons (Fsp3) is 0.286. The first-order valence-corrected chi connectivity index (χ1v) is 14.1. The molecule has 3 heterocycles. The number of aromatic nitrogens is 2. The lowest BCUT2D eigenvalue weighted by molar-refractivity contribution is 0.102. The molecule has 4 aromatic rings. The van der Waals surface area contributed by atoms with Crippen LogP contribution >= 0.6 is 34.7 Å². The average molecular weight is 551 g/mol. The zero-order valence-corrected chi connectivity index (χ0v) is 23.2. The molecule has 1 aromatic carbocycles. The summed E-state index contributed by atoms with van der Waals surface area (Å²) in [5, 5.41) is 5.63. The minimum absolute atomic E-state index is 0.155. The molecule has 0 radical (unpaired) electrons. The minimum atomic E-state index is -0.155. The molecule has 0 saturated heterocycles. The SMILES string of the molecule is CC(C)(C)[C@H]1CCc2c(sc(N=Cc3ccc(Sc4ncccn4)o3)c2C(=O)Nc2ccc(Cl)cc2)C1. The number of halogens is 1. The maximum atomic E-state index is 13.5. The maximum absolute atomic E-state index is 13.5. The number of thiophene rings is 1. The van der Waals surface area contributed by atoms with Gasteiger partial charge in [-0.2, -0.15) is 0 Å². The van der Waals surface area contributed by atoms with Gasteiger partial charge in [0.15, 0.2) is 10.2 Å². The zero-order valence-electron chi connectivity index (χ0n) is 20.8. The third-order valence-electron chi connectivity index (χ3n) is 6.45. The second kappa shape index (κ2) is 10.8. The number of fused-ring (bicyclic) bond motifs is 1. The molecule has 9 heteroatoms. The Morgan fingerprint density at radius 3 is 2.68 bits per heavy atom. The number of hydrogen-bond acceptors (Lipinski definition) is 7. The predicted molar refractivity (Wildman–Crippen MR) is 151 cm³/mol. The van der Waals surface area contributed by atoms with Crippen LogP contribution in [0.1, 0.15) is 53.8 Å². The topological polar surface area (TPSA) is 80.4 Å². The van der Waals surface area contributed by atoms with Gasteiger partial charge in [-0.3, -0.25) is 4.79 Å². The number of carbonyl (C=O) groups is 1. The summed E-state index contributed by atoms with van der Waals surface area (Å²) >= 11 is 8.97. The largest absolute Gasteiger partial charge is 0.448 e. The Hall–Kier alpha value is -2.94. The van der Waals surface area contributed by atoms with Crippen molar-refractivity contribution < 1.29 is 9.21 Å². The smallest absolute Gasteiger partial charge is 0.259 e. The zero-order chi connectivity index (χ0) is 26.0. The van der Waals surface area contributed by atoms with Crippen LogP contribution in [0.5, 0.6) is 0 Å². The molecule has 0 spiro atoms. The number of carbonyl (C=O) groups excluding carboxylic acids is 1. The summed E-state index contributed by atoms with van der Waals surface area (Å²) in [6.07, 6.45) is 7.94. The van der Waals surface area contributed by atoms with Crippen molar-refractivity contribution in [3.8, 4) is 0 Å². The molecule has 0 aliphatic heterocycles. The fourth-order valence-corrected chi connectivity index (χ4v) is 6.45. The lowest BCUT2D eigenvalue weighted by Gasteiger charge is -2.33. The molecule has 0 bridgehead atoms. The van der Waals surface area contributed by atoms with Gasteiger partial charge in [-0.15, -0.1) is 11.3 Å². The molecule has 190 valence electrons. The number of rotatable bonds is 6. The van der Waals surface area contributed by atoms with Gasteiger partial charge >= 0.3 is 0 Å². The van der Waals surface area contributed by atoms with E-state index in [-0.39, 0.29) is 11.3 Å². The number of anilines is 1. The van der Waals surface area contributed by atoms with Gasteiger partial charge in [-0.25, -0.2) is 15.0 Å². The fourth-order valence-electron chi connectivity index (χ4n) is 4.37. The Kier molecular flexibility index (Phi) is 7.51. The number of furan rings is 1. The van der Waals surface area contributed by atoms with Gasteiger partial charge in [0.1, 0.15) is 10.8 Å². The predicted octanol–water partition coefficient (Wildman–Crippen LogP) is 8.09. The quantitative estimate of drug-likeness (QED) is 0.194. The summed E-state index contributed by atoms with van der Waals surface area (Å²) in [6.45, 7) is 6.86. The van der Waals surface area contributed by atoms with Crippen LogP contribution in [-0.4, -0.2) is 22.1 Å². The molecule has 1 aliphatic carbocycles. The van der Waals surface area contributed by atoms with Gasteiger partial charge in [-0.05, 0) is 90.4 Å². The van der Waals surface area contributed by atoms with Crippen LogP contribution in [0.15, 0.2) is 74.5 Å². The standard InChI is InChI=1S/C28H27ClN4O2S2/c1-28(2,3)17-5-11-21-22(15-17)36-26(24(21)25(34)33-19-8-6-18(29)7-9-19)32-16-20-10-12-23(35-20)37-27-30-13-4-14-31-27/h4,6-10,12-14,16-17H,5,11,15H2,1-3H3,(H,33,34)/t17-/m0/s1. The Balaban J connectivity index is 1.42. The minimum Gasteiger partial charge on any atom is -0.448 e. The van der Waals surface area contributed by atoms with Crippen LogP contribution in [0.3, 0.4) is 0 Å². The third kappa shape index (κ3) is 6.14. The molecule has 5 rings (SSSR count). The summed E-state index contributed by atoms with van der Waals surface area (Å²) in [6, 6.07) is 12.6. The molecule has 3 aromatic heterocycles. The van der Waals surface area contributed by atoms with Crippen LogP contribution in [0.2, 0.25) is 5.02 Å². The molecular formula is C28H27ClN4O2S2. The number of hydrogen-bond donors (Lipinski definition) is 1. The highest BCUT2D eigenvalue weighted by Crippen LogP contribution is 2.45. The molecule has 1 atom stereocenters. The summed E-state index contributed by atoms with van der Waals surface area (Å²) in [4.78, 5) is 27.9. The molecular weight excluding hydrogens is 524 g/mol. The van der Waals surface area contributed by atoms with Crippen molar-refractivity contribution in [1.29, 1.82) is 0 Å². The van der Waals surface area contributed by atoms with Gasteiger partial charge in [-0.1, -0.05) is 32.4 Å². The number of nitrogens with one attached hydrogen (secondary N) is 1. The monoisotopic (exact) mass is 550 g/mol. The molecule has 0 fully saturated rings. The van der Waals surface area contributed by atoms with E-state index in [1.807, 2.05) is 12.1 Å². The number of nitrogens with zero attached hydrogens (tertiary/aromatic N) is 3. The van der Waals surface area contributed by atoms with E-state index in [1.54, 1.807) is 60.3 Å². The van der Waals surface area contributed by atoms with Crippen molar-refractivity contribution in [1.82, 2.24) is 9.97 Å². The van der Waals surface area contributed by atoms with Crippen LogP contribution in [0.4, 0.5) is 10.7 Å². The molecule has 0 saturated carbocycles. The highest BCUT2D eigenvalue weighted by molar-refractivity contribution is 7.99. The Bertz CT molecular complexity index is 1420. The van der Waals surface area contributed by atoms with Crippen LogP contribution in [0.25, 0.3) is 0 Å². The van der Waals surface area contributed by atoms with E-state index in [9.17, 15) is 4.79 Å².